The van der Waals surface area contributed by atoms with E-state index >= 15 is 0 Å². The van der Waals surface area contributed by atoms with Gasteiger partial charge in [-0.15, -0.1) is 0 Å². The third-order valence-corrected chi connectivity index (χ3v) is 11.2. The number of carbonyl (C=O) groups excluding carboxylic acids is 2. The largest absolute Gasteiger partial charge is 0.465 e. The minimum Gasteiger partial charge on any atom is -0.465 e. The molecule has 2 N–H and O–H groups in total. The molecule has 0 amide bonds. The molecule has 8 rings (SSSR count). The highest BCUT2D eigenvalue weighted by Crippen LogP contribution is 2.49. The van der Waals surface area contributed by atoms with Crippen molar-refractivity contribution in [3.8, 4) is 45.2 Å². The number of halogens is 10. The molecule has 24 heteroatoms. The van der Waals surface area contributed by atoms with Crippen LogP contribution in [0.5, 0.6) is 0 Å². The van der Waals surface area contributed by atoms with E-state index in [1.807, 2.05) is 0 Å². The van der Waals surface area contributed by atoms with Crippen LogP contribution >= 0.6 is 23.2 Å². The van der Waals surface area contributed by atoms with Gasteiger partial charge >= 0.3 is 24.3 Å². The molecule has 0 atom stereocenters. The number of nitrogens with zero attached hydrogens (tertiary/aromatic N) is 6. The highest BCUT2D eigenvalue weighted by Gasteiger charge is 2.49. The summed E-state index contributed by atoms with van der Waals surface area (Å²) in [5.41, 5.74) is -8.21. The third kappa shape index (κ3) is 8.46. The van der Waals surface area contributed by atoms with Crippen LogP contribution in [0.15, 0.2) is 57.8 Å². The van der Waals surface area contributed by atoms with Gasteiger partial charge in [-0.2, -0.15) is 36.5 Å². The summed E-state index contributed by atoms with van der Waals surface area (Å²) in [6, 6.07) is 5.99. The number of benzene rings is 2. The molecule has 14 nitrogen and oxygen atoms in total. The maximum Gasteiger partial charge on any atom is 0.433 e. The Morgan fingerprint density at radius 3 is 1.31 bits per heavy atom. The zero-order chi connectivity index (χ0) is 46.8. The lowest BCUT2D eigenvalue weighted by Gasteiger charge is -2.41. The molecule has 2 fully saturated rings. The second kappa shape index (κ2) is 16.6. The third-order valence-electron chi connectivity index (χ3n) is 10.6. The normalized spacial score (nSPS) is 20.8. The first-order chi connectivity index (χ1) is 29.9. The summed E-state index contributed by atoms with van der Waals surface area (Å²) in [7, 11) is 2.02. The van der Waals surface area contributed by atoms with Crippen molar-refractivity contribution in [1.82, 2.24) is 29.9 Å². The van der Waals surface area contributed by atoms with Crippen LogP contribution in [0.3, 0.4) is 0 Å². The summed E-state index contributed by atoms with van der Waals surface area (Å²) in [4.78, 5) is 25.0. The lowest BCUT2D eigenvalue weighted by Crippen LogP contribution is -2.43. The van der Waals surface area contributed by atoms with Gasteiger partial charge in [0.25, 0.3) is 0 Å². The standard InChI is InChI=1S/2C20H16ClF4N3O4/c2*1-19(30)6-9(7-19)28-17(20(23,24)25)10(8-26-28)16-14(18(29)31-2)15(27-32-16)13-11(21)4-3-5-12(13)22/h2*3-5,8-9,30H,6-7H2,1-2H3. The monoisotopic (exact) mass is 946 g/mol. The Morgan fingerprint density at radius 2 is 1.03 bits per heavy atom. The highest BCUT2D eigenvalue weighted by molar-refractivity contribution is 6.34. The van der Waals surface area contributed by atoms with E-state index in [9.17, 15) is 54.9 Å². The van der Waals surface area contributed by atoms with E-state index in [0.29, 0.717) is 0 Å². The van der Waals surface area contributed by atoms with E-state index in [0.717, 1.165) is 48.1 Å². The van der Waals surface area contributed by atoms with Crippen molar-refractivity contribution in [2.45, 2.75) is 75.2 Å². The van der Waals surface area contributed by atoms with E-state index in [1.54, 1.807) is 0 Å². The van der Waals surface area contributed by atoms with Gasteiger partial charge in [0.05, 0.1) is 82.2 Å². The van der Waals surface area contributed by atoms with Gasteiger partial charge in [-0.1, -0.05) is 45.6 Å². The molecule has 0 spiro atoms. The van der Waals surface area contributed by atoms with Crippen molar-refractivity contribution in [1.29, 1.82) is 0 Å². The highest BCUT2D eigenvalue weighted by atomic mass is 35.5. The number of alkyl halides is 6. The van der Waals surface area contributed by atoms with Crippen molar-refractivity contribution >= 4 is 35.1 Å². The fraction of sp³-hybridized carbons (Fsp3) is 0.350. The number of aliphatic hydroxyl groups is 2. The minimum absolute atomic E-state index is 0.0630. The van der Waals surface area contributed by atoms with Crippen LogP contribution in [-0.4, -0.2) is 77.4 Å². The number of hydrogen-bond donors (Lipinski definition) is 2. The Hall–Kier alpha value is -5.84. The van der Waals surface area contributed by atoms with Crippen LogP contribution < -0.4 is 0 Å². The maximum atomic E-state index is 14.5. The fourth-order valence-corrected chi connectivity index (χ4v) is 8.26. The molecule has 2 aliphatic rings. The molecule has 0 saturated heterocycles. The van der Waals surface area contributed by atoms with Crippen molar-refractivity contribution in [3.05, 3.63) is 93.0 Å². The number of aromatic nitrogens is 6. The van der Waals surface area contributed by atoms with Crippen LogP contribution in [0, 0.1) is 11.6 Å². The predicted molar refractivity (Wildman–Crippen MR) is 207 cm³/mol. The summed E-state index contributed by atoms with van der Waals surface area (Å²) in [6.07, 6.45) is -7.75. The lowest BCUT2D eigenvalue weighted by atomic mass is 9.77. The first kappa shape index (κ1) is 46.2. The van der Waals surface area contributed by atoms with Gasteiger partial charge in [0.2, 0.25) is 0 Å². The summed E-state index contributed by atoms with van der Waals surface area (Å²) in [5, 5.41) is 34.6. The summed E-state index contributed by atoms with van der Waals surface area (Å²) in [6.45, 7) is 3.02. The van der Waals surface area contributed by atoms with Crippen molar-refractivity contribution in [2.24, 2.45) is 0 Å². The number of hydrogen-bond acceptors (Lipinski definition) is 12. The Balaban J connectivity index is 0.000000191. The predicted octanol–water partition coefficient (Wildman–Crippen LogP) is 9.78. The fourth-order valence-electron chi connectivity index (χ4n) is 7.75. The van der Waals surface area contributed by atoms with Crippen LogP contribution in [0.2, 0.25) is 10.0 Å². The molecule has 2 aromatic carbocycles. The quantitative estimate of drug-likeness (QED) is 0.109. The minimum atomic E-state index is -4.89. The average molecular weight is 948 g/mol. The van der Waals surface area contributed by atoms with Crippen LogP contribution in [0.1, 0.15) is 83.7 Å². The van der Waals surface area contributed by atoms with Gasteiger partial charge in [-0.25, -0.2) is 18.4 Å². The van der Waals surface area contributed by atoms with Gasteiger partial charge in [0.1, 0.15) is 34.1 Å². The summed E-state index contributed by atoms with van der Waals surface area (Å²) in [5.74, 6) is -5.07. The molecule has 0 unspecified atom stereocenters. The smallest absolute Gasteiger partial charge is 0.433 e. The first-order valence-corrected chi connectivity index (χ1v) is 19.4. The van der Waals surface area contributed by atoms with Crippen molar-refractivity contribution in [2.75, 3.05) is 14.2 Å². The zero-order valence-corrected chi connectivity index (χ0v) is 34.9. The second-order valence-electron chi connectivity index (χ2n) is 15.5. The molecule has 6 aromatic rings. The lowest BCUT2D eigenvalue weighted by molar-refractivity contribution is -0.149. The Labute approximate surface area is 365 Å². The SMILES string of the molecule is COC(=O)c1c(-c2c(F)cccc2Cl)noc1-c1cnn(C2CC(C)(O)C2)c1C(F)(F)F.COC(=O)c1c(-c2c(F)cccc2Cl)noc1-c1cnn(C2CC(C)(O)C2)c1C(F)(F)F. The van der Waals surface area contributed by atoms with Crippen molar-refractivity contribution < 1.29 is 73.4 Å². The molecule has 2 aliphatic carbocycles. The molecule has 0 aliphatic heterocycles. The molecular formula is C40H32Cl2F8N6O8. The number of ether oxygens (including phenoxy) is 2. The first-order valence-electron chi connectivity index (χ1n) is 18.7. The van der Waals surface area contributed by atoms with Gasteiger partial charge in [0, 0.05) is 0 Å². The number of rotatable bonds is 8. The molecule has 340 valence electrons. The molecule has 0 bridgehead atoms. The van der Waals surface area contributed by atoms with E-state index in [4.69, 9.17) is 41.7 Å². The number of esters is 2. The van der Waals surface area contributed by atoms with E-state index in [2.05, 4.69) is 20.5 Å². The van der Waals surface area contributed by atoms with Crippen LogP contribution in [0.4, 0.5) is 35.1 Å². The molecule has 64 heavy (non-hydrogen) atoms. The maximum absolute atomic E-state index is 14.5. The van der Waals surface area contributed by atoms with Crippen molar-refractivity contribution in [3.63, 3.8) is 0 Å². The number of methoxy groups -OCH3 is 2. The molecule has 4 heterocycles. The zero-order valence-electron chi connectivity index (χ0n) is 33.4. The second-order valence-corrected chi connectivity index (χ2v) is 16.3. The molecule has 0 radical (unpaired) electrons. The Kier molecular flexibility index (Phi) is 12.0. The van der Waals surface area contributed by atoms with E-state index < -0.39 is 116 Å². The Bertz CT molecular complexity index is 2530. The van der Waals surface area contributed by atoms with Gasteiger partial charge < -0.3 is 28.7 Å². The van der Waals surface area contributed by atoms with Gasteiger partial charge in [-0.3, -0.25) is 9.36 Å². The number of carbonyl (C=O) groups is 2. The average Bonchev–Trinajstić information content (AvgIpc) is 3.99. The topological polar surface area (TPSA) is 181 Å². The van der Waals surface area contributed by atoms with Crippen LogP contribution in [-0.2, 0) is 21.8 Å². The van der Waals surface area contributed by atoms with Crippen LogP contribution in [0.25, 0.3) is 45.2 Å². The molecule has 4 aromatic heterocycles. The molecular weight excluding hydrogens is 915 g/mol. The summed E-state index contributed by atoms with van der Waals surface area (Å²) < 4.78 is 134. The summed E-state index contributed by atoms with van der Waals surface area (Å²) >= 11 is 12.1. The molecule has 2 saturated carbocycles. The Morgan fingerprint density at radius 1 is 0.688 bits per heavy atom. The van der Waals surface area contributed by atoms with E-state index in [1.165, 1.54) is 38.1 Å². The van der Waals surface area contributed by atoms with Gasteiger partial charge in [0.15, 0.2) is 22.9 Å². The van der Waals surface area contributed by atoms with Gasteiger partial charge in [-0.05, 0) is 63.8 Å². The van der Waals surface area contributed by atoms with E-state index in [-0.39, 0.29) is 46.9 Å².